The first kappa shape index (κ1) is 21.1. The molecule has 0 bridgehead atoms. The Kier molecular flexibility index (Phi) is 5.58. The lowest BCUT2D eigenvalue weighted by Gasteiger charge is -2.31. The molecular formula is C19H15F4N5O2S. The average Bonchev–Trinajstić information content (AvgIpc) is 3.19. The Bertz CT molecular complexity index is 1170. The van der Waals surface area contributed by atoms with Gasteiger partial charge in [-0.25, -0.2) is 18.9 Å². The van der Waals surface area contributed by atoms with Crippen molar-refractivity contribution in [3.8, 4) is 0 Å². The van der Waals surface area contributed by atoms with Crippen molar-refractivity contribution in [3.63, 3.8) is 0 Å². The topological polar surface area (TPSA) is 84.1 Å². The highest BCUT2D eigenvalue weighted by Crippen LogP contribution is 2.32. The molecule has 4 rings (SSSR count). The Morgan fingerprint density at radius 1 is 1.19 bits per heavy atom. The van der Waals surface area contributed by atoms with Gasteiger partial charge in [-0.05, 0) is 23.3 Å². The molecule has 1 aliphatic rings. The van der Waals surface area contributed by atoms with Crippen LogP contribution in [-0.2, 0) is 12.7 Å². The molecule has 0 radical (unpaired) electrons. The Morgan fingerprint density at radius 3 is 2.55 bits per heavy atom. The van der Waals surface area contributed by atoms with Crippen LogP contribution in [0.1, 0.15) is 15.4 Å². The molecule has 0 amide bonds. The van der Waals surface area contributed by atoms with Crippen molar-refractivity contribution >= 4 is 22.7 Å². The molecule has 3 aromatic rings. The number of aromatic nitrogens is 4. The lowest BCUT2D eigenvalue weighted by Crippen LogP contribution is -2.39. The number of aliphatic hydroxyl groups is 1. The molecule has 1 aliphatic heterocycles. The quantitative estimate of drug-likeness (QED) is 0.612. The fourth-order valence-electron chi connectivity index (χ4n) is 3.14. The molecular weight excluding hydrogens is 438 g/mol. The lowest BCUT2D eigenvalue weighted by molar-refractivity contribution is -0.137. The maximum absolute atomic E-state index is 13.1. The van der Waals surface area contributed by atoms with Crippen LogP contribution in [0.25, 0.3) is 5.57 Å². The van der Waals surface area contributed by atoms with Crippen molar-refractivity contribution in [1.82, 2.24) is 19.7 Å². The fraction of sp³-hybridized carbons (Fsp3) is 0.263. The number of hydrogen-bond acceptors (Lipinski definition) is 7. The van der Waals surface area contributed by atoms with E-state index in [2.05, 4.69) is 15.1 Å². The number of rotatable bonds is 4. The zero-order valence-corrected chi connectivity index (χ0v) is 16.6. The Labute approximate surface area is 176 Å². The zero-order valence-electron chi connectivity index (χ0n) is 15.8. The molecule has 0 unspecified atom stereocenters. The standard InChI is InChI=1S/C19H15F4N5O2S/c20-12-3-1-11(2-4-12)14-5-6-27(10-15(14)29)16-8-25-28(18(30)26-16)9-13-7-24-17(31-13)19(21,22)23/h1-5,7-8,15,29H,6,9-10H2/t15-/m0/s1. The molecule has 31 heavy (non-hydrogen) atoms. The largest absolute Gasteiger partial charge is 0.443 e. The van der Waals surface area contributed by atoms with Gasteiger partial charge in [0, 0.05) is 24.2 Å². The number of aliphatic hydroxyl groups excluding tert-OH is 1. The monoisotopic (exact) mass is 453 g/mol. The minimum atomic E-state index is -4.54. The molecule has 1 N–H and O–H groups in total. The van der Waals surface area contributed by atoms with Gasteiger partial charge in [-0.2, -0.15) is 23.3 Å². The summed E-state index contributed by atoms with van der Waals surface area (Å²) in [7, 11) is 0. The van der Waals surface area contributed by atoms with Gasteiger partial charge in [0.15, 0.2) is 10.8 Å². The smallest absolute Gasteiger partial charge is 0.387 e. The number of β-amino-alcohol motifs (C(OH)–C–C–N with tert-alkyl or cyclic N) is 1. The van der Waals surface area contributed by atoms with E-state index in [9.17, 15) is 27.5 Å². The van der Waals surface area contributed by atoms with Crippen molar-refractivity contribution in [2.45, 2.75) is 18.8 Å². The molecule has 0 saturated heterocycles. The maximum atomic E-state index is 13.1. The van der Waals surface area contributed by atoms with Crippen LogP contribution in [-0.4, -0.2) is 44.0 Å². The average molecular weight is 453 g/mol. The van der Waals surface area contributed by atoms with Crippen LogP contribution < -0.4 is 10.6 Å². The second-order valence-electron chi connectivity index (χ2n) is 6.77. The van der Waals surface area contributed by atoms with Gasteiger partial charge < -0.3 is 10.0 Å². The summed E-state index contributed by atoms with van der Waals surface area (Å²) in [6.45, 7) is 0.300. The summed E-state index contributed by atoms with van der Waals surface area (Å²) in [5.74, 6) is -0.143. The number of anilines is 1. The van der Waals surface area contributed by atoms with Gasteiger partial charge in [0.2, 0.25) is 0 Å². The van der Waals surface area contributed by atoms with Crippen LogP contribution >= 0.6 is 11.3 Å². The van der Waals surface area contributed by atoms with Crippen LogP contribution in [0.5, 0.6) is 0 Å². The molecule has 0 saturated carbocycles. The molecule has 0 spiro atoms. The SMILES string of the molecule is O=c1nc(N2CC=C(c3ccc(F)cc3)[C@@H](O)C2)cnn1Cc1cnc(C(F)(F)F)s1. The summed E-state index contributed by atoms with van der Waals surface area (Å²) in [5, 5.41) is 13.5. The van der Waals surface area contributed by atoms with E-state index in [0.717, 1.165) is 10.9 Å². The van der Waals surface area contributed by atoms with Crippen LogP contribution in [0.2, 0.25) is 0 Å². The minimum absolute atomic E-state index is 0.144. The predicted octanol–water partition coefficient (Wildman–Crippen LogP) is 2.57. The van der Waals surface area contributed by atoms with Gasteiger partial charge in [0.05, 0.1) is 18.8 Å². The molecule has 7 nitrogen and oxygen atoms in total. The maximum Gasteiger partial charge on any atom is 0.443 e. The molecule has 12 heteroatoms. The third-order valence-corrected chi connectivity index (χ3v) is 5.66. The van der Waals surface area contributed by atoms with E-state index in [-0.39, 0.29) is 29.6 Å². The normalized spacial score (nSPS) is 17.0. The Balaban J connectivity index is 1.49. The van der Waals surface area contributed by atoms with E-state index in [1.54, 1.807) is 23.1 Å². The first-order valence-electron chi connectivity index (χ1n) is 9.06. The zero-order chi connectivity index (χ0) is 22.2. The second-order valence-corrected chi connectivity index (χ2v) is 7.89. The molecule has 3 heterocycles. The van der Waals surface area contributed by atoms with Gasteiger partial charge in [-0.15, -0.1) is 11.3 Å². The number of alkyl halides is 3. The molecule has 2 aromatic heterocycles. The number of nitrogens with zero attached hydrogens (tertiary/aromatic N) is 5. The highest BCUT2D eigenvalue weighted by atomic mass is 32.1. The third kappa shape index (κ3) is 4.64. The van der Waals surface area contributed by atoms with Crippen LogP contribution in [0.4, 0.5) is 23.4 Å². The first-order chi connectivity index (χ1) is 14.7. The highest BCUT2D eigenvalue weighted by Gasteiger charge is 2.34. The summed E-state index contributed by atoms with van der Waals surface area (Å²) in [6.07, 6.45) is -1.31. The van der Waals surface area contributed by atoms with E-state index in [1.807, 2.05) is 0 Å². The summed E-state index contributed by atoms with van der Waals surface area (Å²) >= 11 is 0.437. The van der Waals surface area contributed by atoms with Crippen LogP contribution in [0, 0.1) is 5.82 Å². The molecule has 1 aromatic carbocycles. The molecule has 0 fully saturated rings. The summed E-state index contributed by atoms with van der Waals surface area (Å²) in [4.78, 5) is 21.4. The van der Waals surface area contributed by atoms with E-state index >= 15 is 0 Å². The summed E-state index contributed by atoms with van der Waals surface area (Å²) in [6, 6.07) is 5.76. The Hall–Kier alpha value is -3.12. The third-order valence-electron chi connectivity index (χ3n) is 4.63. The van der Waals surface area contributed by atoms with Gasteiger partial charge in [0.25, 0.3) is 0 Å². The van der Waals surface area contributed by atoms with Crippen molar-refractivity contribution in [1.29, 1.82) is 0 Å². The van der Waals surface area contributed by atoms with Gasteiger partial charge in [-0.3, -0.25) is 0 Å². The first-order valence-corrected chi connectivity index (χ1v) is 9.87. The Morgan fingerprint density at radius 2 is 1.94 bits per heavy atom. The van der Waals surface area contributed by atoms with E-state index in [0.29, 0.717) is 29.0 Å². The number of hydrogen-bond donors (Lipinski definition) is 1. The highest BCUT2D eigenvalue weighted by molar-refractivity contribution is 7.11. The second kappa shape index (κ2) is 8.19. The van der Waals surface area contributed by atoms with E-state index in [1.165, 1.54) is 18.3 Å². The van der Waals surface area contributed by atoms with Crippen LogP contribution in [0.15, 0.2) is 47.5 Å². The number of halogens is 4. The minimum Gasteiger partial charge on any atom is -0.387 e. The summed E-state index contributed by atoms with van der Waals surface area (Å²) in [5.41, 5.74) is 0.600. The van der Waals surface area contributed by atoms with Gasteiger partial charge in [-0.1, -0.05) is 18.2 Å². The van der Waals surface area contributed by atoms with Crippen molar-refractivity contribution < 1.29 is 22.7 Å². The number of benzene rings is 1. The van der Waals surface area contributed by atoms with Gasteiger partial charge >= 0.3 is 11.9 Å². The number of thiazole rings is 1. The lowest BCUT2D eigenvalue weighted by atomic mass is 9.97. The molecule has 1 atom stereocenters. The summed E-state index contributed by atoms with van der Waals surface area (Å²) < 4.78 is 52.1. The van der Waals surface area contributed by atoms with E-state index in [4.69, 9.17) is 0 Å². The molecule has 162 valence electrons. The van der Waals surface area contributed by atoms with Crippen molar-refractivity contribution in [3.05, 3.63) is 74.5 Å². The molecule has 0 aliphatic carbocycles. The van der Waals surface area contributed by atoms with E-state index < -0.39 is 23.0 Å². The van der Waals surface area contributed by atoms with Gasteiger partial charge in [0.1, 0.15) is 5.82 Å². The predicted molar refractivity (Wildman–Crippen MR) is 105 cm³/mol. The van der Waals surface area contributed by atoms with Crippen molar-refractivity contribution in [2.75, 3.05) is 18.0 Å². The fourth-order valence-corrected chi connectivity index (χ4v) is 3.90. The van der Waals surface area contributed by atoms with Crippen molar-refractivity contribution in [2.24, 2.45) is 0 Å². The van der Waals surface area contributed by atoms with Crippen LogP contribution in [0.3, 0.4) is 0 Å².